The van der Waals surface area contributed by atoms with Gasteiger partial charge in [-0.3, -0.25) is 9.59 Å². The lowest BCUT2D eigenvalue weighted by Gasteiger charge is -2.29. The van der Waals surface area contributed by atoms with Gasteiger partial charge in [0.2, 0.25) is 5.91 Å². The number of halogens is 1. The summed E-state index contributed by atoms with van der Waals surface area (Å²) in [5.74, 6) is -0.693. The van der Waals surface area contributed by atoms with Gasteiger partial charge in [0.1, 0.15) is 5.82 Å². The molecule has 4 nitrogen and oxygen atoms in total. The third-order valence-corrected chi connectivity index (χ3v) is 4.15. The number of rotatable bonds is 3. The Balaban J connectivity index is 1.81. The van der Waals surface area contributed by atoms with Crippen LogP contribution >= 0.6 is 0 Å². The van der Waals surface area contributed by atoms with E-state index in [9.17, 15) is 14.0 Å². The second-order valence-corrected chi connectivity index (χ2v) is 5.81. The zero-order valence-corrected chi connectivity index (χ0v) is 13.5. The van der Waals surface area contributed by atoms with Crippen molar-refractivity contribution in [1.29, 1.82) is 0 Å². The van der Waals surface area contributed by atoms with E-state index in [-0.39, 0.29) is 17.4 Å². The number of nitrogens with one attached hydrogen (secondary N) is 1. The monoisotopic (exact) mass is 326 g/mol. The van der Waals surface area contributed by atoms with Crippen LogP contribution in [-0.4, -0.2) is 18.4 Å². The molecule has 1 N–H and O–H groups in total. The minimum Gasteiger partial charge on any atom is -0.322 e. The van der Waals surface area contributed by atoms with Gasteiger partial charge >= 0.3 is 0 Å². The summed E-state index contributed by atoms with van der Waals surface area (Å²) in [7, 11) is 0. The van der Waals surface area contributed by atoms with E-state index in [1.807, 2.05) is 19.1 Å². The van der Waals surface area contributed by atoms with Crippen LogP contribution < -0.4 is 10.2 Å². The van der Waals surface area contributed by atoms with Gasteiger partial charge in [-0.1, -0.05) is 13.0 Å². The fourth-order valence-electron chi connectivity index (χ4n) is 2.96. The Hall–Kier alpha value is -2.69. The van der Waals surface area contributed by atoms with Crippen LogP contribution in [-0.2, 0) is 11.2 Å². The predicted molar refractivity (Wildman–Crippen MR) is 91.8 cm³/mol. The van der Waals surface area contributed by atoms with Gasteiger partial charge in [0.25, 0.3) is 5.91 Å². The zero-order valence-electron chi connectivity index (χ0n) is 13.5. The highest BCUT2D eigenvalue weighted by Crippen LogP contribution is 2.30. The van der Waals surface area contributed by atoms with Gasteiger partial charge in [-0.15, -0.1) is 0 Å². The Labute approximate surface area is 140 Å². The summed E-state index contributed by atoms with van der Waals surface area (Å²) >= 11 is 0. The van der Waals surface area contributed by atoms with E-state index in [2.05, 4.69) is 5.32 Å². The summed E-state index contributed by atoms with van der Waals surface area (Å²) in [6.07, 6.45) is 2.24. The summed E-state index contributed by atoms with van der Waals surface area (Å²) < 4.78 is 13.2. The molecule has 2 aromatic rings. The van der Waals surface area contributed by atoms with Crippen molar-refractivity contribution < 1.29 is 14.0 Å². The number of carbonyl (C=O) groups excluding carboxylic acids is 2. The van der Waals surface area contributed by atoms with Gasteiger partial charge in [0.15, 0.2) is 0 Å². The first kappa shape index (κ1) is 16.2. The molecule has 0 atom stereocenters. The topological polar surface area (TPSA) is 49.4 Å². The van der Waals surface area contributed by atoms with Crippen molar-refractivity contribution in [1.82, 2.24) is 0 Å². The Bertz CT molecular complexity index is 789. The van der Waals surface area contributed by atoms with Crippen LogP contribution in [0.3, 0.4) is 0 Å². The van der Waals surface area contributed by atoms with Gasteiger partial charge < -0.3 is 10.2 Å². The van der Waals surface area contributed by atoms with Crippen molar-refractivity contribution in [3.8, 4) is 0 Å². The number of benzene rings is 2. The van der Waals surface area contributed by atoms with E-state index in [4.69, 9.17) is 0 Å². The van der Waals surface area contributed by atoms with Gasteiger partial charge in [0, 0.05) is 29.9 Å². The fraction of sp³-hybridized carbons (Fsp3) is 0.263. The lowest BCUT2D eigenvalue weighted by Crippen LogP contribution is -2.34. The minimum atomic E-state index is -0.443. The smallest absolute Gasteiger partial charge is 0.255 e. The molecule has 24 heavy (non-hydrogen) atoms. The second-order valence-electron chi connectivity index (χ2n) is 5.81. The number of hydrogen-bond donors (Lipinski definition) is 1. The summed E-state index contributed by atoms with van der Waals surface area (Å²) in [5.41, 5.74) is 2.88. The molecular weight excluding hydrogens is 307 g/mol. The number of anilines is 2. The van der Waals surface area contributed by atoms with Crippen molar-refractivity contribution in [3.63, 3.8) is 0 Å². The normalized spacial score (nSPS) is 13.3. The van der Waals surface area contributed by atoms with Crippen LogP contribution in [0.25, 0.3) is 0 Å². The number of nitrogens with zero attached hydrogens (tertiary/aromatic N) is 1. The number of carbonyl (C=O) groups is 2. The highest BCUT2D eigenvalue weighted by Gasteiger charge is 2.21. The molecule has 0 aromatic heterocycles. The number of amides is 2. The van der Waals surface area contributed by atoms with Gasteiger partial charge in [-0.25, -0.2) is 4.39 Å². The second kappa shape index (κ2) is 6.83. The van der Waals surface area contributed by atoms with Crippen molar-refractivity contribution >= 4 is 23.2 Å². The number of aryl methyl sites for hydroxylation is 1. The highest BCUT2D eigenvalue weighted by molar-refractivity contribution is 6.04. The SMILES string of the molecule is CCC(=O)N1CCCc2cc(NC(=O)c3cccc(F)c3)ccc21. The maximum atomic E-state index is 13.2. The standard InChI is InChI=1S/C19H19FN2O2/c1-2-18(23)22-10-4-6-13-12-16(8-9-17(13)22)21-19(24)14-5-3-7-15(20)11-14/h3,5,7-9,11-12H,2,4,6,10H2,1H3,(H,21,24). The Morgan fingerprint density at radius 2 is 2.04 bits per heavy atom. The maximum absolute atomic E-state index is 13.2. The Morgan fingerprint density at radius 3 is 2.79 bits per heavy atom. The Morgan fingerprint density at radius 1 is 1.21 bits per heavy atom. The third kappa shape index (κ3) is 3.30. The lowest BCUT2D eigenvalue weighted by molar-refractivity contribution is -0.118. The minimum absolute atomic E-state index is 0.104. The van der Waals surface area contributed by atoms with Gasteiger partial charge in [0.05, 0.1) is 0 Å². The fourth-order valence-corrected chi connectivity index (χ4v) is 2.96. The van der Waals surface area contributed by atoms with Crippen LogP contribution in [0, 0.1) is 5.82 Å². The van der Waals surface area contributed by atoms with Crippen molar-refractivity contribution in [2.45, 2.75) is 26.2 Å². The molecule has 0 saturated heterocycles. The molecule has 2 amide bonds. The highest BCUT2D eigenvalue weighted by atomic mass is 19.1. The molecule has 0 spiro atoms. The van der Waals surface area contributed by atoms with Crippen LogP contribution in [0.5, 0.6) is 0 Å². The van der Waals surface area contributed by atoms with Crippen LogP contribution in [0.2, 0.25) is 0 Å². The first-order chi connectivity index (χ1) is 11.6. The average molecular weight is 326 g/mol. The molecule has 2 aromatic carbocycles. The van der Waals surface area contributed by atoms with Crippen molar-refractivity contribution in [2.75, 3.05) is 16.8 Å². The molecule has 124 valence electrons. The molecule has 1 heterocycles. The Kier molecular flexibility index (Phi) is 4.60. The largest absolute Gasteiger partial charge is 0.322 e. The van der Waals surface area contributed by atoms with Crippen molar-refractivity contribution in [2.24, 2.45) is 0 Å². The van der Waals surface area contributed by atoms with Crippen molar-refractivity contribution in [3.05, 3.63) is 59.4 Å². The zero-order chi connectivity index (χ0) is 17.1. The van der Waals surface area contributed by atoms with Crippen LogP contribution in [0.4, 0.5) is 15.8 Å². The molecule has 0 fully saturated rings. The third-order valence-electron chi connectivity index (χ3n) is 4.15. The lowest BCUT2D eigenvalue weighted by atomic mass is 10.0. The van der Waals surface area contributed by atoms with Gasteiger partial charge in [-0.2, -0.15) is 0 Å². The van der Waals surface area contributed by atoms with Gasteiger partial charge in [-0.05, 0) is 54.8 Å². The molecule has 1 aliphatic rings. The number of fused-ring (bicyclic) bond motifs is 1. The molecular formula is C19H19FN2O2. The van der Waals surface area contributed by atoms with E-state index < -0.39 is 5.82 Å². The maximum Gasteiger partial charge on any atom is 0.255 e. The summed E-state index contributed by atoms with van der Waals surface area (Å²) in [6.45, 7) is 2.58. The molecule has 0 saturated carbocycles. The predicted octanol–water partition coefficient (Wildman–Crippen LogP) is 3.77. The summed E-state index contributed by atoms with van der Waals surface area (Å²) in [6, 6.07) is 11.1. The molecule has 0 unspecified atom stereocenters. The molecule has 0 aliphatic carbocycles. The quantitative estimate of drug-likeness (QED) is 0.933. The molecule has 1 aliphatic heterocycles. The van der Waals surface area contributed by atoms with E-state index >= 15 is 0 Å². The molecule has 5 heteroatoms. The number of hydrogen-bond acceptors (Lipinski definition) is 2. The van der Waals surface area contributed by atoms with E-state index in [0.717, 1.165) is 30.6 Å². The molecule has 3 rings (SSSR count). The average Bonchev–Trinajstić information content (AvgIpc) is 2.60. The van der Waals surface area contributed by atoms with Crippen LogP contribution in [0.1, 0.15) is 35.7 Å². The summed E-state index contributed by atoms with van der Waals surface area (Å²) in [4.78, 5) is 26.0. The summed E-state index contributed by atoms with van der Waals surface area (Å²) in [5, 5.41) is 2.78. The van der Waals surface area contributed by atoms with E-state index in [1.165, 1.54) is 18.2 Å². The van der Waals surface area contributed by atoms with Crippen LogP contribution in [0.15, 0.2) is 42.5 Å². The van der Waals surface area contributed by atoms with E-state index in [1.54, 1.807) is 17.0 Å². The van der Waals surface area contributed by atoms with E-state index in [0.29, 0.717) is 12.1 Å². The molecule has 0 bridgehead atoms. The molecule has 0 radical (unpaired) electrons. The first-order valence-corrected chi connectivity index (χ1v) is 8.08. The first-order valence-electron chi connectivity index (χ1n) is 8.08.